The van der Waals surface area contributed by atoms with Crippen molar-refractivity contribution in [2.45, 2.75) is 37.9 Å². The molecule has 3 aromatic carbocycles. The monoisotopic (exact) mass is 605 g/mol. The van der Waals surface area contributed by atoms with E-state index in [4.69, 9.17) is 4.74 Å². The Hall–Kier alpha value is -3.67. The zero-order valence-electron chi connectivity index (χ0n) is 22.8. The number of alkyl halides is 2. The van der Waals surface area contributed by atoms with Crippen LogP contribution in [0, 0.1) is 0 Å². The first-order chi connectivity index (χ1) is 20.1. The number of carbonyl (C=O) groups excluding carboxylic acids is 1. The van der Waals surface area contributed by atoms with Crippen molar-refractivity contribution in [2.24, 2.45) is 0 Å². The molecular weight excluding hydrogens is 575 g/mol. The molecule has 10 nitrogen and oxygen atoms in total. The molecule has 1 atom stereocenters. The van der Waals surface area contributed by atoms with Crippen LogP contribution in [0.3, 0.4) is 0 Å². The molecule has 3 aromatic rings. The van der Waals surface area contributed by atoms with Gasteiger partial charge in [0.15, 0.2) is 0 Å². The molecule has 0 aromatic heterocycles. The topological polar surface area (TPSA) is 130 Å². The van der Waals surface area contributed by atoms with Crippen LogP contribution in [0.1, 0.15) is 42.0 Å². The second kappa shape index (κ2) is 13.5. The summed E-state index contributed by atoms with van der Waals surface area (Å²) >= 11 is 0. The molecule has 4 rings (SSSR count). The average Bonchev–Trinajstić information content (AvgIpc) is 3.31. The van der Waals surface area contributed by atoms with Crippen LogP contribution in [0.25, 0.3) is 11.1 Å². The maximum atomic E-state index is 15.1. The Kier molecular flexibility index (Phi) is 10.1. The van der Waals surface area contributed by atoms with Gasteiger partial charge in [0.05, 0.1) is 13.2 Å². The standard InChI is InChI=1S/C29H30F2NO9P/c1-3-38-40-42(36,41-39-4-2)29(30,31)20-15-13-19(14-16-20)17-26(27(33)34)32-28(35)37-18-25-23-11-7-5-9-21(23)22-10-6-8-12-24(22)25/h5-16,25-26H,3-4,17-18H2,1-2H3,(H,32,35)(H,33,34). The third kappa shape index (κ3) is 6.69. The predicted molar refractivity (Wildman–Crippen MR) is 147 cm³/mol. The number of carboxylic acid groups (broad SMARTS) is 1. The van der Waals surface area contributed by atoms with Crippen LogP contribution >= 0.6 is 7.60 Å². The summed E-state index contributed by atoms with van der Waals surface area (Å²) in [5.74, 6) is -1.56. The molecule has 0 aliphatic heterocycles. The molecule has 0 spiro atoms. The maximum absolute atomic E-state index is 15.1. The first-order valence-corrected chi connectivity index (χ1v) is 14.7. The summed E-state index contributed by atoms with van der Waals surface area (Å²) in [6, 6.07) is 18.5. The van der Waals surface area contributed by atoms with Gasteiger partial charge in [-0.25, -0.2) is 23.9 Å². The van der Waals surface area contributed by atoms with Gasteiger partial charge in [0.2, 0.25) is 0 Å². The molecule has 0 radical (unpaired) electrons. The van der Waals surface area contributed by atoms with Gasteiger partial charge in [-0.1, -0.05) is 72.8 Å². The highest BCUT2D eigenvalue weighted by atomic mass is 31.2. The number of hydrogen-bond donors (Lipinski definition) is 2. The molecule has 0 heterocycles. The lowest BCUT2D eigenvalue weighted by Gasteiger charge is -2.24. The van der Waals surface area contributed by atoms with Gasteiger partial charge in [0, 0.05) is 17.9 Å². The van der Waals surface area contributed by atoms with Crippen LogP contribution in [0.4, 0.5) is 13.6 Å². The molecule has 0 saturated carbocycles. The quantitative estimate of drug-likeness (QED) is 0.122. The molecule has 2 N–H and O–H groups in total. The Morgan fingerprint density at radius 2 is 1.43 bits per heavy atom. The Balaban J connectivity index is 1.41. The van der Waals surface area contributed by atoms with Gasteiger partial charge < -0.3 is 15.2 Å². The fourth-order valence-electron chi connectivity index (χ4n) is 4.57. The zero-order valence-corrected chi connectivity index (χ0v) is 23.7. The SMILES string of the molecule is CCOOP(=O)(OOCC)C(F)(F)c1ccc(CC(NC(=O)OCC2c3ccccc3-c3ccccc32)C(=O)O)cc1. The maximum Gasteiger partial charge on any atom is 0.457 e. The Morgan fingerprint density at radius 3 is 1.93 bits per heavy atom. The number of ether oxygens (including phenoxy) is 1. The van der Waals surface area contributed by atoms with E-state index in [0.717, 1.165) is 34.4 Å². The lowest BCUT2D eigenvalue weighted by Crippen LogP contribution is -2.42. The van der Waals surface area contributed by atoms with Crippen LogP contribution in [0.15, 0.2) is 72.8 Å². The van der Waals surface area contributed by atoms with Crippen molar-refractivity contribution in [1.82, 2.24) is 5.32 Å². The summed E-state index contributed by atoms with van der Waals surface area (Å²) in [6.07, 6.45) is -1.18. The number of benzene rings is 3. The largest absolute Gasteiger partial charge is 0.480 e. The highest BCUT2D eigenvalue weighted by Gasteiger charge is 2.57. The molecular formula is C29H30F2NO9P. The lowest BCUT2D eigenvalue weighted by atomic mass is 9.98. The van der Waals surface area contributed by atoms with Crippen LogP contribution in [0.5, 0.6) is 0 Å². The van der Waals surface area contributed by atoms with Crippen LogP contribution < -0.4 is 5.32 Å². The molecule has 13 heteroatoms. The summed E-state index contributed by atoms with van der Waals surface area (Å²) in [4.78, 5) is 33.4. The van der Waals surface area contributed by atoms with Crippen molar-refractivity contribution >= 4 is 19.7 Å². The van der Waals surface area contributed by atoms with Gasteiger partial charge in [-0.05, 0) is 41.7 Å². The molecule has 1 aliphatic rings. The normalized spacial score (nSPS) is 13.7. The van der Waals surface area contributed by atoms with Crippen LogP contribution in [-0.2, 0) is 45.3 Å². The number of hydrogen-bond acceptors (Lipinski definition) is 8. The van der Waals surface area contributed by atoms with Gasteiger partial charge in [-0.3, -0.25) is 0 Å². The van der Waals surface area contributed by atoms with E-state index in [1.807, 2.05) is 48.5 Å². The number of amides is 1. The second-order valence-electron chi connectivity index (χ2n) is 9.26. The highest BCUT2D eigenvalue weighted by molar-refractivity contribution is 7.54. The average molecular weight is 606 g/mol. The van der Waals surface area contributed by atoms with E-state index < -0.39 is 36.9 Å². The third-order valence-corrected chi connectivity index (χ3v) is 8.11. The number of nitrogens with one attached hydrogen (secondary N) is 1. The van der Waals surface area contributed by atoms with Crippen molar-refractivity contribution in [2.75, 3.05) is 19.8 Å². The summed E-state index contributed by atoms with van der Waals surface area (Å²) in [7, 11) is -5.26. The van der Waals surface area contributed by atoms with Gasteiger partial charge in [0.1, 0.15) is 12.6 Å². The Labute approximate surface area is 240 Å². The van der Waals surface area contributed by atoms with E-state index in [0.29, 0.717) is 5.56 Å². The summed E-state index contributed by atoms with van der Waals surface area (Å²) in [6.45, 7) is 2.51. The number of aliphatic carboxylic acids is 1. The summed E-state index contributed by atoms with van der Waals surface area (Å²) in [5.41, 5.74) is -0.518. The molecule has 0 fully saturated rings. The Bertz CT molecular complexity index is 1390. The number of alkyl carbamates (subject to hydrolysis) is 1. The minimum absolute atomic E-state index is 0.0102. The molecule has 42 heavy (non-hydrogen) atoms. The van der Waals surface area contributed by atoms with Crippen molar-refractivity contribution in [3.05, 3.63) is 95.1 Å². The molecule has 224 valence electrons. The summed E-state index contributed by atoms with van der Waals surface area (Å²) < 4.78 is 57.1. The summed E-state index contributed by atoms with van der Waals surface area (Å²) in [5, 5.41) is 12.0. The van der Waals surface area contributed by atoms with Gasteiger partial charge >= 0.3 is 25.3 Å². The van der Waals surface area contributed by atoms with Crippen molar-refractivity contribution in [3.63, 3.8) is 0 Å². The number of carboxylic acids is 1. The molecule has 0 bridgehead atoms. The number of rotatable bonds is 14. The van der Waals surface area contributed by atoms with E-state index in [9.17, 15) is 19.3 Å². The number of fused-ring (bicyclic) bond motifs is 3. The zero-order chi connectivity index (χ0) is 30.3. The fraction of sp³-hybridized carbons (Fsp3) is 0.310. The first-order valence-electron chi connectivity index (χ1n) is 13.1. The van der Waals surface area contributed by atoms with E-state index in [-0.39, 0.29) is 32.2 Å². The molecule has 1 amide bonds. The molecule has 1 unspecified atom stereocenters. The minimum Gasteiger partial charge on any atom is -0.480 e. The van der Waals surface area contributed by atoms with E-state index in [1.165, 1.54) is 26.0 Å². The van der Waals surface area contributed by atoms with Gasteiger partial charge in [-0.2, -0.15) is 8.78 Å². The van der Waals surface area contributed by atoms with Crippen molar-refractivity contribution in [3.8, 4) is 11.1 Å². The first kappa shape index (κ1) is 31.3. The lowest BCUT2D eigenvalue weighted by molar-refractivity contribution is -0.275. The van der Waals surface area contributed by atoms with Crippen LogP contribution in [0.2, 0.25) is 0 Å². The fourth-order valence-corrected chi connectivity index (χ4v) is 5.73. The third-order valence-electron chi connectivity index (χ3n) is 6.56. The van der Waals surface area contributed by atoms with Crippen molar-refractivity contribution in [1.29, 1.82) is 0 Å². The smallest absolute Gasteiger partial charge is 0.457 e. The van der Waals surface area contributed by atoms with Crippen LogP contribution in [-0.4, -0.2) is 43.0 Å². The van der Waals surface area contributed by atoms with E-state index in [2.05, 4.69) is 24.4 Å². The molecule has 0 saturated heterocycles. The highest BCUT2D eigenvalue weighted by Crippen LogP contribution is 2.67. The van der Waals surface area contributed by atoms with Crippen molar-refractivity contribution < 1.29 is 51.9 Å². The number of carbonyl (C=O) groups is 2. The predicted octanol–water partition coefficient (Wildman–Crippen LogP) is 6.40. The minimum atomic E-state index is -5.26. The molecule has 1 aliphatic carbocycles. The number of halogens is 2. The van der Waals surface area contributed by atoms with E-state index >= 15 is 8.78 Å². The Morgan fingerprint density at radius 1 is 0.905 bits per heavy atom. The van der Waals surface area contributed by atoms with Gasteiger partial charge in [0.25, 0.3) is 0 Å². The van der Waals surface area contributed by atoms with E-state index in [1.54, 1.807) is 0 Å². The van der Waals surface area contributed by atoms with Gasteiger partial charge in [-0.15, -0.1) is 9.35 Å². The second-order valence-corrected chi connectivity index (χ2v) is 11.1.